The number of amides is 1. The maximum absolute atomic E-state index is 13.9. The van der Waals surface area contributed by atoms with E-state index in [-0.39, 0.29) is 22.5 Å². The molecular formula is C14H16ClFN2O. The molecule has 2 aliphatic rings. The topological polar surface area (TPSA) is 46.3 Å². The zero-order valence-electron chi connectivity index (χ0n) is 10.5. The third-order valence-electron chi connectivity index (χ3n) is 4.38. The maximum atomic E-state index is 13.9. The zero-order valence-corrected chi connectivity index (χ0v) is 11.2. The Bertz CT molecular complexity index is 522. The summed E-state index contributed by atoms with van der Waals surface area (Å²) in [6.45, 7) is 1.32. The molecule has 2 fully saturated rings. The predicted octanol–water partition coefficient (Wildman–Crippen LogP) is 2.29. The monoisotopic (exact) mass is 282 g/mol. The molecule has 1 saturated heterocycles. The van der Waals surface area contributed by atoms with Gasteiger partial charge in [0.15, 0.2) is 5.82 Å². The second-order valence-electron chi connectivity index (χ2n) is 5.48. The van der Waals surface area contributed by atoms with Gasteiger partial charge in [-0.3, -0.25) is 4.79 Å². The van der Waals surface area contributed by atoms with Gasteiger partial charge in [0.25, 0.3) is 5.91 Å². The lowest BCUT2D eigenvalue weighted by Gasteiger charge is -2.19. The number of carbonyl (C=O) groups is 1. The van der Waals surface area contributed by atoms with E-state index in [1.54, 1.807) is 11.0 Å². The molecule has 102 valence electrons. The average molecular weight is 283 g/mol. The molecule has 5 heteroatoms. The molecule has 3 atom stereocenters. The number of halogens is 2. The highest BCUT2D eigenvalue weighted by Crippen LogP contribution is 2.37. The zero-order chi connectivity index (χ0) is 13.6. The van der Waals surface area contributed by atoms with E-state index in [0.29, 0.717) is 24.9 Å². The van der Waals surface area contributed by atoms with Gasteiger partial charge in [-0.25, -0.2) is 4.39 Å². The predicted molar refractivity (Wildman–Crippen MR) is 71.5 cm³/mol. The lowest BCUT2D eigenvalue weighted by atomic mass is 9.98. The summed E-state index contributed by atoms with van der Waals surface area (Å²) in [5.74, 6) is -0.0653. The third-order valence-corrected chi connectivity index (χ3v) is 4.67. The quantitative estimate of drug-likeness (QED) is 0.859. The molecule has 1 aromatic rings. The van der Waals surface area contributed by atoms with Gasteiger partial charge < -0.3 is 10.6 Å². The van der Waals surface area contributed by atoms with Gasteiger partial charge in [-0.1, -0.05) is 17.7 Å². The summed E-state index contributed by atoms with van der Waals surface area (Å²) < 4.78 is 13.9. The minimum atomic E-state index is -0.629. The van der Waals surface area contributed by atoms with Crippen LogP contribution in [0.4, 0.5) is 4.39 Å². The molecular weight excluding hydrogens is 267 g/mol. The Hall–Kier alpha value is -1.13. The number of nitrogens with two attached hydrogens (primary N) is 1. The van der Waals surface area contributed by atoms with Crippen molar-refractivity contribution in [3.8, 4) is 0 Å². The number of rotatable bonds is 1. The number of carbonyl (C=O) groups excluding carboxylic acids is 1. The summed E-state index contributed by atoms with van der Waals surface area (Å²) in [5.41, 5.74) is 6.10. The molecule has 1 aliphatic heterocycles. The number of fused-ring (bicyclic) bond motifs is 1. The minimum absolute atomic E-state index is 0.0121. The summed E-state index contributed by atoms with van der Waals surface area (Å²) in [4.78, 5) is 14.1. The van der Waals surface area contributed by atoms with Crippen molar-refractivity contribution in [2.24, 2.45) is 17.6 Å². The molecule has 1 amide bonds. The van der Waals surface area contributed by atoms with Crippen molar-refractivity contribution in [3.05, 3.63) is 34.6 Å². The largest absolute Gasteiger partial charge is 0.338 e. The lowest BCUT2D eigenvalue weighted by molar-refractivity contribution is 0.0775. The Balaban J connectivity index is 1.81. The Labute approximate surface area is 116 Å². The Morgan fingerprint density at radius 2 is 2.16 bits per heavy atom. The molecule has 3 rings (SSSR count). The highest BCUT2D eigenvalue weighted by molar-refractivity contribution is 6.31. The normalized spacial score (nSPS) is 29.6. The van der Waals surface area contributed by atoms with Crippen LogP contribution in [0.5, 0.6) is 0 Å². The third kappa shape index (κ3) is 2.13. The molecule has 19 heavy (non-hydrogen) atoms. The first-order chi connectivity index (χ1) is 9.08. The standard InChI is InChI=1S/C14H16ClFN2O/c15-11-3-1-2-9(13(11)16)14(19)18-6-8-4-5-12(17)10(8)7-18/h1-3,8,10,12H,4-7,17H2/t8-,10-,12-/m1/s1. The number of benzene rings is 1. The van der Waals surface area contributed by atoms with Gasteiger partial charge in [0, 0.05) is 19.1 Å². The maximum Gasteiger partial charge on any atom is 0.256 e. The van der Waals surface area contributed by atoms with Gasteiger partial charge in [-0.2, -0.15) is 0 Å². The molecule has 0 unspecified atom stereocenters. The first kappa shape index (κ1) is 12.9. The van der Waals surface area contributed by atoms with Crippen molar-refractivity contribution < 1.29 is 9.18 Å². The first-order valence-electron chi connectivity index (χ1n) is 6.57. The smallest absolute Gasteiger partial charge is 0.256 e. The Morgan fingerprint density at radius 3 is 2.89 bits per heavy atom. The van der Waals surface area contributed by atoms with Crippen LogP contribution in [0.15, 0.2) is 18.2 Å². The minimum Gasteiger partial charge on any atom is -0.338 e. The van der Waals surface area contributed by atoms with Crippen LogP contribution in [0.25, 0.3) is 0 Å². The van der Waals surface area contributed by atoms with E-state index >= 15 is 0 Å². The summed E-state index contributed by atoms with van der Waals surface area (Å²) in [6, 6.07) is 4.70. The highest BCUT2D eigenvalue weighted by Gasteiger charge is 2.42. The average Bonchev–Trinajstić information content (AvgIpc) is 2.95. The van der Waals surface area contributed by atoms with Gasteiger partial charge >= 0.3 is 0 Å². The van der Waals surface area contributed by atoms with Crippen molar-refractivity contribution in [1.29, 1.82) is 0 Å². The Morgan fingerprint density at radius 1 is 1.37 bits per heavy atom. The van der Waals surface area contributed by atoms with E-state index in [1.807, 2.05) is 0 Å². The van der Waals surface area contributed by atoms with E-state index in [0.717, 1.165) is 12.8 Å². The van der Waals surface area contributed by atoms with E-state index in [4.69, 9.17) is 17.3 Å². The molecule has 2 N–H and O–H groups in total. The number of hydrogen-bond acceptors (Lipinski definition) is 2. The second kappa shape index (κ2) is 4.76. The van der Waals surface area contributed by atoms with Crippen molar-refractivity contribution in [2.75, 3.05) is 13.1 Å². The van der Waals surface area contributed by atoms with Crippen LogP contribution in [0.3, 0.4) is 0 Å². The molecule has 1 aliphatic carbocycles. The number of hydrogen-bond donors (Lipinski definition) is 1. The van der Waals surface area contributed by atoms with Gasteiger partial charge in [0.2, 0.25) is 0 Å². The van der Waals surface area contributed by atoms with Crippen molar-refractivity contribution >= 4 is 17.5 Å². The molecule has 1 heterocycles. The van der Waals surface area contributed by atoms with Crippen LogP contribution >= 0.6 is 11.6 Å². The van der Waals surface area contributed by atoms with Gasteiger partial charge in [-0.05, 0) is 36.8 Å². The SMILES string of the molecule is N[C@@H]1CC[C@@H]2CN(C(=O)c3cccc(Cl)c3F)C[C@H]21. The van der Waals surface area contributed by atoms with Crippen LogP contribution in [-0.4, -0.2) is 29.9 Å². The lowest BCUT2D eigenvalue weighted by Crippen LogP contribution is -2.33. The van der Waals surface area contributed by atoms with Crippen LogP contribution in [0, 0.1) is 17.7 Å². The molecule has 0 aromatic heterocycles. The van der Waals surface area contributed by atoms with E-state index in [1.165, 1.54) is 12.1 Å². The van der Waals surface area contributed by atoms with Crippen molar-refractivity contribution in [3.63, 3.8) is 0 Å². The summed E-state index contributed by atoms with van der Waals surface area (Å²) in [6.07, 6.45) is 2.09. The van der Waals surface area contributed by atoms with Crippen LogP contribution in [-0.2, 0) is 0 Å². The van der Waals surface area contributed by atoms with Crippen molar-refractivity contribution in [1.82, 2.24) is 4.90 Å². The van der Waals surface area contributed by atoms with Gasteiger partial charge in [-0.15, -0.1) is 0 Å². The van der Waals surface area contributed by atoms with Crippen LogP contribution < -0.4 is 5.73 Å². The van der Waals surface area contributed by atoms with Crippen LogP contribution in [0.1, 0.15) is 23.2 Å². The second-order valence-corrected chi connectivity index (χ2v) is 5.88. The van der Waals surface area contributed by atoms with Crippen molar-refractivity contribution in [2.45, 2.75) is 18.9 Å². The fourth-order valence-electron chi connectivity index (χ4n) is 3.31. The van der Waals surface area contributed by atoms with Gasteiger partial charge in [0.05, 0.1) is 10.6 Å². The fraction of sp³-hybridized carbons (Fsp3) is 0.500. The molecule has 0 spiro atoms. The Kier molecular flexibility index (Phi) is 3.23. The molecule has 0 radical (unpaired) electrons. The summed E-state index contributed by atoms with van der Waals surface area (Å²) in [5, 5.41) is -0.0121. The number of likely N-dealkylation sites (tertiary alicyclic amines) is 1. The van der Waals surface area contributed by atoms with Gasteiger partial charge in [0.1, 0.15) is 0 Å². The van der Waals surface area contributed by atoms with E-state index < -0.39 is 5.82 Å². The first-order valence-corrected chi connectivity index (χ1v) is 6.94. The summed E-state index contributed by atoms with van der Waals surface area (Å²) in [7, 11) is 0. The molecule has 3 nitrogen and oxygen atoms in total. The van der Waals surface area contributed by atoms with E-state index in [2.05, 4.69) is 0 Å². The summed E-state index contributed by atoms with van der Waals surface area (Å²) >= 11 is 5.72. The van der Waals surface area contributed by atoms with E-state index in [9.17, 15) is 9.18 Å². The highest BCUT2D eigenvalue weighted by atomic mass is 35.5. The molecule has 1 aromatic carbocycles. The molecule has 0 bridgehead atoms. The fourth-order valence-corrected chi connectivity index (χ4v) is 3.49. The van der Waals surface area contributed by atoms with Crippen LogP contribution in [0.2, 0.25) is 5.02 Å². The number of nitrogens with zero attached hydrogens (tertiary/aromatic N) is 1. The molecule has 1 saturated carbocycles.